The molecule has 1 fully saturated rings. The van der Waals surface area contributed by atoms with Gasteiger partial charge in [0.15, 0.2) is 6.61 Å². The number of allylic oxidation sites excluding steroid dienone is 1. The zero-order chi connectivity index (χ0) is 22.4. The highest BCUT2D eigenvalue weighted by Crippen LogP contribution is 2.37. The summed E-state index contributed by atoms with van der Waals surface area (Å²) in [6.07, 6.45) is 3.87. The molecule has 0 saturated carbocycles. The van der Waals surface area contributed by atoms with Crippen molar-refractivity contribution in [1.29, 1.82) is 0 Å². The van der Waals surface area contributed by atoms with Crippen molar-refractivity contribution in [2.45, 2.75) is 13.3 Å². The molecule has 0 spiro atoms. The highest BCUT2D eigenvalue weighted by Gasteiger charge is 2.36. The van der Waals surface area contributed by atoms with E-state index in [1.54, 1.807) is 49.4 Å². The Balaban J connectivity index is 1.88. The Labute approximate surface area is 193 Å². The Kier molecular flexibility index (Phi) is 7.70. The van der Waals surface area contributed by atoms with E-state index in [9.17, 15) is 14.4 Å². The van der Waals surface area contributed by atoms with Gasteiger partial charge < -0.3 is 9.47 Å². The van der Waals surface area contributed by atoms with E-state index in [0.29, 0.717) is 32.8 Å². The Morgan fingerprint density at radius 1 is 1.23 bits per heavy atom. The number of carbonyl (C=O) groups is 3. The van der Waals surface area contributed by atoms with Gasteiger partial charge >= 0.3 is 5.97 Å². The smallest absolute Gasteiger partial charge is 0.344 e. The molecule has 1 aliphatic heterocycles. The minimum absolute atomic E-state index is 0.216. The molecule has 3 rings (SSSR count). The summed E-state index contributed by atoms with van der Waals surface area (Å²) in [5, 5.41) is -0.345. The van der Waals surface area contributed by atoms with Crippen LogP contribution in [0.1, 0.15) is 18.1 Å². The summed E-state index contributed by atoms with van der Waals surface area (Å²) < 4.78 is 11.2. The van der Waals surface area contributed by atoms with Gasteiger partial charge in [0.1, 0.15) is 5.75 Å². The maximum absolute atomic E-state index is 12.8. The van der Waals surface area contributed by atoms with E-state index in [-0.39, 0.29) is 24.4 Å². The fraction of sp³-hybridized carbons (Fsp3) is 0.174. The molecule has 2 aromatic carbocycles. The summed E-state index contributed by atoms with van der Waals surface area (Å²) in [5.41, 5.74) is 2.03. The maximum Gasteiger partial charge on any atom is 0.344 e. The molecule has 0 unspecified atom stereocenters. The number of hydrogen-bond acceptors (Lipinski definition) is 6. The number of nitrogens with zero attached hydrogens (tertiary/aromatic N) is 1. The second-order valence-electron chi connectivity index (χ2n) is 6.43. The van der Waals surface area contributed by atoms with Crippen molar-refractivity contribution in [3.63, 3.8) is 0 Å². The first kappa shape index (κ1) is 22.8. The zero-order valence-corrected chi connectivity index (χ0v) is 19.2. The summed E-state index contributed by atoms with van der Waals surface area (Å²) in [6, 6.07) is 12.4. The topological polar surface area (TPSA) is 72.9 Å². The van der Waals surface area contributed by atoms with Crippen molar-refractivity contribution in [3.8, 4) is 5.75 Å². The number of hydrogen-bond donors (Lipinski definition) is 0. The Bertz CT molecular complexity index is 1050. The number of esters is 1. The summed E-state index contributed by atoms with van der Waals surface area (Å²) in [7, 11) is 0. The number of benzene rings is 2. The molecule has 31 heavy (non-hydrogen) atoms. The first-order valence-electron chi connectivity index (χ1n) is 9.49. The standard InChI is InChI=1S/C23H20BrNO5S/c1-3-8-16-11-15(12-18(24)21(16)30-14-20(26)29-4-2)13-19-22(27)25(23(28)31-19)17-9-6-5-7-10-17/h3,5-7,9-13H,1,4,8,14H2,2H3/b19-13-. The number of amides is 2. The van der Waals surface area contributed by atoms with Crippen molar-refractivity contribution in [1.82, 2.24) is 0 Å². The van der Waals surface area contributed by atoms with E-state index in [0.717, 1.165) is 22.2 Å². The summed E-state index contributed by atoms with van der Waals surface area (Å²) >= 11 is 4.36. The number of carbonyl (C=O) groups excluding carboxylic acids is 3. The van der Waals surface area contributed by atoms with Gasteiger partial charge in [0, 0.05) is 0 Å². The SMILES string of the molecule is C=CCc1cc(/C=C2\SC(=O)N(c3ccccc3)C2=O)cc(Br)c1OCC(=O)OCC. The van der Waals surface area contributed by atoms with Crippen LogP contribution in [0.15, 0.2) is 64.5 Å². The van der Waals surface area contributed by atoms with Crippen LogP contribution in [0.25, 0.3) is 6.08 Å². The molecular weight excluding hydrogens is 482 g/mol. The normalized spacial score (nSPS) is 14.8. The van der Waals surface area contributed by atoms with Gasteiger partial charge in [0.2, 0.25) is 0 Å². The minimum Gasteiger partial charge on any atom is -0.480 e. The number of halogens is 1. The van der Waals surface area contributed by atoms with Crippen molar-refractivity contribution in [3.05, 3.63) is 75.6 Å². The van der Waals surface area contributed by atoms with E-state index >= 15 is 0 Å². The van der Waals surface area contributed by atoms with Gasteiger partial charge in [-0.1, -0.05) is 24.3 Å². The molecule has 1 heterocycles. The number of thioether (sulfide) groups is 1. The molecular formula is C23H20BrNO5S. The minimum atomic E-state index is -0.461. The highest BCUT2D eigenvalue weighted by molar-refractivity contribution is 9.10. The lowest BCUT2D eigenvalue weighted by Gasteiger charge is -2.14. The second-order valence-corrected chi connectivity index (χ2v) is 8.28. The number of ether oxygens (including phenoxy) is 2. The third kappa shape index (κ3) is 5.45. The average Bonchev–Trinajstić information content (AvgIpc) is 3.01. The molecule has 8 heteroatoms. The zero-order valence-electron chi connectivity index (χ0n) is 16.8. The van der Waals surface area contributed by atoms with E-state index in [1.165, 1.54) is 0 Å². The molecule has 0 radical (unpaired) electrons. The lowest BCUT2D eigenvalue weighted by molar-refractivity contribution is -0.145. The molecule has 2 amide bonds. The maximum atomic E-state index is 12.8. The van der Waals surface area contributed by atoms with Crippen LogP contribution in [-0.4, -0.2) is 30.3 Å². The highest BCUT2D eigenvalue weighted by atomic mass is 79.9. The first-order valence-corrected chi connectivity index (χ1v) is 11.1. The largest absolute Gasteiger partial charge is 0.480 e. The van der Waals surface area contributed by atoms with Gasteiger partial charge in [0.05, 0.1) is 21.7 Å². The van der Waals surface area contributed by atoms with Crippen LogP contribution >= 0.6 is 27.7 Å². The average molecular weight is 502 g/mol. The van der Waals surface area contributed by atoms with Gasteiger partial charge in [-0.2, -0.15) is 0 Å². The van der Waals surface area contributed by atoms with Crippen LogP contribution in [-0.2, 0) is 20.7 Å². The van der Waals surface area contributed by atoms with E-state index < -0.39 is 5.97 Å². The number of imide groups is 1. The predicted molar refractivity (Wildman–Crippen MR) is 125 cm³/mol. The van der Waals surface area contributed by atoms with Crippen LogP contribution in [0.4, 0.5) is 10.5 Å². The number of para-hydroxylation sites is 1. The van der Waals surface area contributed by atoms with Crippen LogP contribution in [0, 0.1) is 0 Å². The van der Waals surface area contributed by atoms with Crippen molar-refractivity contribution >= 4 is 56.6 Å². The Hall–Kier alpha value is -2.84. The van der Waals surface area contributed by atoms with Crippen molar-refractivity contribution in [2.75, 3.05) is 18.1 Å². The van der Waals surface area contributed by atoms with Gasteiger partial charge in [0.25, 0.3) is 11.1 Å². The Morgan fingerprint density at radius 3 is 2.65 bits per heavy atom. The van der Waals surface area contributed by atoms with Crippen LogP contribution in [0.2, 0.25) is 0 Å². The third-order valence-electron chi connectivity index (χ3n) is 4.25. The number of rotatable bonds is 8. The molecule has 0 N–H and O–H groups in total. The fourth-order valence-electron chi connectivity index (χ4n) is 2.98. The number of anilines is 1. The van der Waals surface area contributed by atoms with Gasteiger partial charge in [-0.05, 0) is 82.5 Å². The monoisotopic (exact) mass is 501 g/mol. The van der Waals surface area contributed by atoms with E-state index in [4.69, 9.17) is 9.47 Å². The molecule has 0 bridgehead atoms. The third-order valence-corrected chi connectivity index (χ3v) is 5.71. The molecule has 0 atom stereocenters. The molecule has 0 aromatic heterocycles. The summed E-state index contributed by atoms with van der Waals surface area (Å²) in [4.78, 5) is 38.4. The molecule has 160 valence electrons. The van der Waals surface area contributed by atoms with Crippen LogP contribution < -0.4 is 9.64 Å². The first-order chi connectivity index (χ1) is 14.9. The van der Waals surface area contributed by atoms with Crippen molar-refractivity contribution < 1.29 is 23.9 Å². The predicted octanol–water partition coefficient (Wildman–Crippen LogP) is 5.36. The quantitative estimate of drug-likeness (QED) is 0.275. The fourth-order valence-corrected chi connectivity index (χ4v) is 4.45. The van der Waals surface area contributed by atoms with Gasteiger partial charge in [-0.15, -0.1) is 6.58 Å². The van der Waals surface area contributed by atoms with Gasteiger partial charge in [-0.3, -0.25) is 9.59 Å². The lowest BCUT2D eigenvalue weighted by Crippen LogP contribution is -2.27. The van der Waals surface area contributed by atoms with Gasteiger partial charge in [-0.25, -0.2) is 9.69 Å². The van der Waals surface area contributed by atoms with Crippen molar-refractivity contribution in [2.24, 2.45) is 0 Å². The lowest BCUT2D eigenvalue weighted by atomic mass is 10.1. The van der Waals surface area contributed by atoms with E-state index in [2.05, 4.69) is 22.5 Å². The Morgan fingerprint density at radius 2 is 1.97 bits per heavy atom. The molecule has 1 aliphatic rings. The molecule has 0 aliphatic carbocycles. The molecule has 2 aromatic rings. The second kappa shape index (κ2) is 10.5. The summed E-state index contributed by atoms with van der Waals surface area (Å²) in [5.74, 6) is -0.328. The van der Waals surface area contributed by atoms with Crippen LogP contribution in [0.5, 0.6) is 5.75 Å². The summed E-state index contributed by atoms with van der Waals surface area (Å²) in [6.45, 7) is 5.55. The van der Waals surface area contributed by atoms with Crippen LogP contribution in [0.3, 0.4) is 0 Å². The molecule has 6 nitrogen and oxygen atoms in total. The molecule has 1 saturated heterocycles. The van der Waals surface area contributed by atoms with E-state index in [1.807, 2.05) is 12.1 Å².